The summed E-state index contributed by atoms with van der Waals surface area (Å²) in [7, 11) is 0. The van der Waals surface area contributed by atoms with Crippen LogP contribution in [0.2, 0.25) is 0 Å². The smallest absolute Gasteiger partial charge is 0.309 e. The Kier molecular flexibility index (Phi) is 2.41. The van der Waals surface area contributed by atoms with E-state index in [0.29, 0.717) is 6.42 Å². The number of carbonyl (C=O) groups is 1. The largest absolute Gasteiger partial charge is 0.481 e. The minimum absolute atomic E-state index is 0.0259. The Morgan fingerprint density at radius 2 is 1.92 bits per heavy atom. The monoisotopic (exact) mass is 186 g/mol. The summed E-state index contributed by atoms with van der Waals surface area (Å²) in [6.07, 6.45) is 0.908. The molecule has 1 heterocycles. The molecule has 1 unspecified atom stereocenters. The van der Waals surface area contributed by atoms with Crippen LogP contribution in [0, 0.1) is 10.8 Å². The molecule has 0 aromatic heterocycles. The molecule has 0 aliphatic carbocycles. The van der Waals surface area contributed by atoms with Crippen molar-refractivity contribution in [3.63, 3.8) is 0 Å². The molecular weight excluding hydrogens is 168 g/mol. The lowest BCUT2D eigenvalue weighted by Gasteiger charge is -2.30. The summed E-state index contributed by atoms with van der Waals surface area (Å²) in [5.41, 5.74) is -0.683. The summed E-state index contributed by atoms with van der Waals surface area (Å²) in [5, 5.41) is 8.97. The Labute approximate surface area is 79.1 Å². The number of epoxide rings is 1. The van der Waals surface area contributed by atoms with Gasteiger partial charge in [0.05, 0.1) is 18.1 Å². The maximum Gasteiger partial charge on any atom is 0.309 e. The van der Waals surface area contributed by atoms with E-state index in [-0.39, 0.29) is 11.5 Å². The van der Waals surface area contributed by atoms with E-state index in [9.17, 15) is 4.79 Å². The molecule has 1 aliphatic heterocycles. The lowest BCUT2D eigenvalue weighted by atomic mass is 9.73. The first-order valence-electron chi connectivity index (χ1n) is 4.61. The van der Waals surface area contributed by atoms with Gasteiger partial charge in [0.25, 0.3) is 0 Å². The van der Waals surface area contributed by atoms with Crippen molar-refractivity contribution in [2.24, 2.45) is 10.8 Å². The number of hydrogen-bond acceptors (Lipinski definition) is 2. The average Bonchev–Trinajstić information content (AvgIpc) is 2.63. The van der Waals surface area contributed by atoms with Crippen LogP contribution in [0.1, 0.15) is 34.1 Å². The lowest BCUT2D eigenvalue weighted by molar-refractivity contribution is -0.148. The first-order valence-corrected chi connectivity index (χ1v) is 4.61. The topological polar surface area (TPSA) is 49.8 Å². The molecule has 3 nitrogen and oxygen atoms in total. The zero-order valence-electron chi connectivity index (χ0n) is 8.76. The number of aliphatic carboxylic acids is 1. The van der Waals surface area contributed by atoms with Gasteiger partial charge in [-0.05, 0) is 25.7 Å². The highest BCUT2D eigenvalue weighted by Crippen LogP contribution is 2.41. The number of hydrogen-bond donors (Lipinski definition) is 1. The summed E-state index contributed by atoms with van der Waals surface area (Å²) in [6, 6.07) is 0. The molecule has 0 aromatic rings. The Hall–Kier alpha value is -0.570. The number of carboxylic acid groups (broad SMARTS) is 1. The van der Waals surface area contributed by atoms with Gasteiger partial charge in [-0.25, -0.2) is 0 Å². The van der Waals surface area contributed by atoms with Gasteiger partial charge >= 0.3 is 5.97 Å². The van der Waals surface area contributed by atoms with Crippen LogP contribution in [0.5, 0.6) is 0 Å². The van der Waals surface area contributed by atoms with Crippen molar-refractivity contribution in [1.29, 1.82) is 0 Å². The van der Waals surface area contributed by atoms with E-state index < -0.39 is 11.4 Å². The SMILES string of the molecule is CC(C)(CC(C)(C)C1CO1)C(=O)O. The summed E-state index contributed by atoms with van der Waals surface area (Å²) in [5.74, 6) is -0.735. The molecule has 1 atom stereocenters. The van der Waals surface area contributed by atoms with Gasteiger partial charge in [0.15, 0.2) is 0 Å². The lowest BCUT2D eigenvalue weighted by Crippen LogP contribution is -2.33. The second-order valence-corrected chi connectivity index (χ2v) is 5.18. The van der Waals surface area contributed by atoms with Gasteiger partial charge in [-0.1, -0.05) is 13.8 Å². The standard InChI is InChI=1S/C10H18O3/c1-9(2,7-5-13-7)6-10(3,4)8(11)12/h7H,5-6H2,1-4H3,(H,11,12). The van der Waals surface area contributed by atoms with Crippen molar-refractivity contribution >= 4 is 5.97 Å². The van der Waals surface area contributed by atoms with Gasteiger partial charge in [0, 0.05) is 0 Å². The van der Waals surface area contributed by atoms with Crippen LogP contribution in [0.3, 0.4) is 0 Å². The third kappa shape index (κ3) is 2.44. The molecule has 0 amide bonds. The first kappa shape index (κ1) is 10.5. The van der Waals surface area contributed by atoms with Gasteiger partial charge in [0.2, 0.25) is 0 Å². The maximum atomic E-state index is 10.9. The highest BCUT2D eigenvalue weighted by atomic mass is 16.6. The van der Waals surface area contributed by atoms with Crippen LogP contribution in [-0.2, 0) is 9.53 Å². The normalized spacial score (nSPS) is 22.9. The zero-order valence-corrected chi connectivity index (χ0v) is 8.76. The van der Waals surface area contributed by atoms with Crippen molar-refractivity contribution in [2.75, 3.05) is 6.61 Å². The van der Waals surface area contributed by atoms with Crippen molar-refractivity contribution in [2.45, 2.75) is 40.2 Å². The molecular formula is C10H18O3. The van der Waals surface area contributed by atoms with E-state index in [1.165, 1.54) is 0 Å². The fourth-order valence-corrected chi connectivity index (χ4v) is 1.83. The first-order chi connectivity index (χ1) is 5.76. The Bertz CT molecular complexity index is 214. The van der Waals surface area contributed by atoms with Gasteiger partial charge in [0.1, 0.15) is 0 Å². The molecule has 1 fully saturated rings. The predicted molar refractivity (Wildman–Crippen MR) is 49.6 cm³/mol. The molecule has 76 valence electrons. The summed E-state index contributed by atoms with van der Waals surface area (Å²) < 4.78 is 5.21. The molecule has 1 rings (SSSR count). The van der Waals surface area contributed by atoms with Crippen LogP contribution in [-0.4, -0.2) is 23.8 Å². The Morgan fingerprint density at radius 1 is 1.46 bits per heavy atom. The van der Waals surface area contributed by atoms with Crippen molar-refractivity contribution in [3.8, 4) is 0 Å². The van der Waals surface area contributed by atoms with E-state index in [1.54, 1.807) is 13.8 Å². The molecule has 1 saturated heterocycles. The van der Waals surface area contributed by atoms with E-state index in [2.05, 4.69) is 13.8 Å². The molecule has 1 N–H and O–H groups in total. The second kappa shape index (κ2) is 2.98. The molecule has 0 radical (unpaired) electrons. The fraction of sp³-hybridized carbons (Fsp3) is 0.900. The summed E-state index contributed by atoms with van der Waals surface area (Å²) in [4.78, 5) is 10.9. The molecule has 0 aromatic carbocycles. The minimum Gasteiger partial charge on any atom is -0.481 e. The van der Waals surface area contributed by atoms with Crippen LogP contribution in [0.4, 0.5) is 0 Å². The maximum absolute atomic E-state index is 10.9. The van der Waals surface area contributed by atoms with Crippen LogP contribution < -0.4 is 0 Å². The van der Waals surface area contributed by atoms with Crippen molar-refractivity contribution < 1.29 is 14.6 Å². The Balaban J connectivity index is 2.60. The van der Waals surface area contributed by atoms with E-state index >= 15 is 0 Å². The second-order valence-electron chi connectivity index (χ2n) is 5.18. The number of carboxylic acids is 1. The van der Waals surface area contributed by atoms with Gasteiger partial charge < -0.3 is 9.84 Å². The quantitative estimate of drug-likeness (QED) is 0.682. The molecule has 13 heavy (non-hydrogen) atoms. The van der Waals surface area contributed by atoms with Gasteiger partial charge in [-0.3, -0.25) is 4.79 Å². The third-order valence-electron chi connectivity index (χ3n) is 2.68. The summed E-state index contributed by atoms with van der Waals surface area (Å²) >= 11 is 0. The molecule has 3 heteroatoms. The van der Waals surface area contributed by atoms with Crippen LogP contribution >= 0.6 is 0 Å². The average molecular weight is 186 g/mol. The van der Waals surface area contributed by atoms with E-state index in [4.69, 9.17) is 9.84 Å². The fourth-order valence-electron chi connectivity index (χ4n) is 1.83. The van der Waals surface area contributed by atoms with Gasteiger partial charge in [-0.15, -0.1) is 0 Å². The molecule has 0 bridgehead atoms. The van der Waals surface area contributed by atoms with Crippen LogP contribution in [0.15, 0.2) is 0 Å². The summed E-state index contributed by atoms with van der Waals surface area (Å²) in [6.45, 7) is 8.44. The molecule has 1 aliphatic rings. The van der Waals surface area contributed by atoms with Crippen molar-refractivity contribution in [1.82, 2.24) is 0 Å². The number of rotatable bonds is 4. The van der Waals surface area contributed by atoms with Crippen molar-refractivity contribution in [3.05, 3.63) is 0 Å². The van der Waals surface area contributed by atoms with E-state index in [1.807, 2.05) is 0 Å². The van der Waals surface area contributed by atoms with Gasteiger partial charge in [-0.2, -0.15) is 0 Å². The van der Waals surface area contributed by atoms with Crippen LogP contribution in [0.25, 0.3) is 0 Å². The highest BCUT2D eigenvalue weighted by Gasteiger charge is 2.44. The predicted octanol–water partition coefficient (Wildman–Crippen LogP) is 1.91. The number of ether oxygens (including phenoxy) is 1. The third-order valence-corrected chi connectivity index (χ3v) is 2.68. The van der Waals surface area contributed by atoms with E-state index in [0.717, 1.165) is 6.61 Å². The molecule has 0 saturated carbocycles. The Morgan fingerprint density at radius 3 is 2.23 bits per heavy atom. The highest BCUT2D eigenvalue weighted by molar-refractivity contribution is 5.73. The minimum atomic E-state index is -0.735. The zero-order chi connectivity index (χ0) is 10.3. The molecule has 0 spiro atoms.